The van der Waals surface area contributed by atoms with Crippen LogP contribution in [0, 0.1) is 0 Å². The molecule has 0 saturated carbocycles. The maximum Gasteiger partial charge on any atom is 0.0588 e. The zero-order chi connectivity index (χ0) is 33.8. The number of nitrogens with zero attached hydrogens (tertiary/aromatic N) is 2. The van der Waals surface area contributed by atoms with E-state index >= 15 is 0 Å². The molecule has 0 radical (unpaired) electrons. The molecule has 0 fully saturated rings. The van der Waals surface area contributed by atoms with Crippen LogP contribution in [0.1, 0.15) is 25.0 Å². The van der Waals surface area contributed by atoms with Crippen LogP contribution >= 0.6 is 0 Å². The van der Waals surface area contributed by atoms with Gasteiger partial charge in [0.15, 0.2) is 0 Å². The van der Waals surface area contributed by atoms with Crippen molar-refractivity contribution in [3.05, 3.63) is 181 Å². The molecule has 0 aliphatic heterocycles. The molecule has 0 amide bonds. The van der Waals surface area contributed by atoms with E-state index in [-0.39, 0.29) is 5.41 Å². The van der Waals surface area contributed by atoms with Crippen molar-refractivity contribution < 1.29 is 0 Å². The number of hydrogen-bond acceptors (Lipinski definition) is 0. The smallest absolute Gasteiger partial charge is 0.0588 e. The lowest BCUT2D eigenvalue weighted by molar-refractivity contribution is 0.664. The third-order valence-electron chi connectivity index (χ3n) is 11.4. The quantitative estimate of drug-likeness (QED) is 0.180. The van der Waals surface area contributed by atoms with E-state index in [1.807, 2.05) is 0 Å². The first-order valence-electron chi connectivity index (χ1n) is 17.9. The predicted molar refractivity (Wildman–Crippen MR) is 216 cm³/mol. The molecule has 2 heteroatoms. The van der Waals surface area contributed by atoms with E-state index in [9.17, 15) is 0 Å². The number of aromatic nitrogens is 2. The van der Waals surface area contributed by atoms with Crippen molar-refractivity contribution in [3.8, 4) is 33.6 Å². The van der Waals surface area contributed by atoms with E-state index in [2.05, 4.69) is 193 Å². The Balaban J connectivity index is 1.23. The Kier molecular flexibility index (Phi) is 5.76. The van der Waals surface area contributed by atoms with Gasteiger partial charge in [-0.25, -0.2) is 0 Å². The Morgan fingerprint density at radius 3 is 1.84 bits per heavy atom. The minimum absolute atomic E-state index is 0.187. The van der Waals surface area contributed by atoms with Gasteiger partial charge >= 0.3 is 0 Å². The van der Waals surface area contributed by atoms with Gasteiger partial charge in [-0.1, -0.05) is 123 Å². The first-order chi connectivity index (χ1) is 25.1. The molecule has 0 saturated heterocycles. The van der Waals surface area contributed by atoms with Gasteiger partial charge in [0.2, 0.25) is 0 Å². The van der Waals surface area contributed by atoms with E-state index in [0.29, 0.717) is 0 Å². The lowest BCUT2D eigenvalue weighted by atomic mass is 9.81. The lowest BCUT2D eigenvalue weighted by Gasteiger charge is -2.24. The van der Waals surface area contributed by atoms with Gasteiger partial charge < -0.3 is 9.13 Å². The fraction of sp³-hybridized carbons (Fsp3) is 0.0612. The maximum absolute atomic E-state index is 2.53. The van der Waals surface area contributed by atoms with Crippen molar-refractivity contribution in [3.63, 3.8) is 0 Å². The van der Waals surface area contributed by atoms with E-state index in [4.69, 9.17) is 0 Å². The molecule has 51 heavy (non-hydrogen) atoms. The molecule has 2 nitrogen and oxygen atoms in total. The van der Waals surface area contributed by atoms with Crippen molar-refractivity contribution in [2.45, 2.75) is 19.3 Å². The average Bonchev–Trinajstić information content (AvgIpc) is 3.77. The Bertz CT molecular complexity index is 3030. The first kappa shape index (κ1) is 28.5. The third-order valence-corrected chi connectivity index (χ3v) is 11.4. The summed E-state index contributed by atoms with van der Waals surface area (Å²) in [4.78, 5) is 0. The SMILES string of the molecule is CC1(C)c2cc3ccccc3cc2-c2ccc3c4c(-c5ccc6c(c5)c5ccccc5n6-c5ccccc5)cccc4n(-c4ccccc4)c3c21. The number of hydrogen-bond donors (Lipinski definition) is 0. The molecule has 0 bridgehead atoms. The highest BCUT2D eigenvalue weighted by atomic mass is 15.0. The van der Waals surface area contributed by atoms with Crippen LogP contribution in [0.25, 0.3) is 88.0 Å². The summed E-state index contributed by atoms with van der Waals surface area (Å²) in [6.45, 7) is 4.83. The van der Waals surface area contributed by atoms with Crippen LogP contribution in [0.3, 0.4) is 0 Å². The zero-order valence-corrected chi connectivity index (χ0v) is 28.6. The Morgan fingerprint density at radius 1 is 0.412 bits per heavy atom. The Morgan fingerprint density at radius 2 is 1.06 bits per heavy atom. The van der Waals surface area contributed by atoms with Gasteiger partial charge in [-0.3, -0.25) is 0 Å². The molecule has 0 atom stereocenters. The molecule has 8 aromatic carbocycles. The number of fused-ring (bicyclic) bond motifs is 11. The molecule has 10 aromatic rings. The highest BCUT2D eigenvalue weighted by molar-refractivity contribution is 6.19. The maximum atomic E-state index is 2.53. The highest BCUT2D eigenvalue weighted by Gasteiger charge is 2.39. The molecule has 11 rings (SSSR count). The standard InChI is InChI=1S/C49H34N2/c1-49(2)42-30-32-15-10-9-14-31(32)28-40(42)38-25-26-39-46-36(21-13-23-45(46)51(48(39)47(38)49)35-18-7-4-8-19-35)33-24-27-44-41(29-33)37-20-11-12-22-43(37)50(44)34-16-5-3-6-17-34/h3-30H,1-2H3. The minimum atomic E-state index is -0.187. The summed E-state index contributed by atoms with van der Waals surface area (Å²) in [5.74, 6) is 0. The van der Waals surface area contributed by atoms with Gasteiger partial charge in [0.25, 0.3) is 0 Å². The fourth-order valence-corrected chi connectivity index (χ4v) is 9.21. The van der Waals surface area contributed by atoms with E-state index in [1.165, 1.54) is 99.1 Å². The van der Waals surface area contributed by atoms with Crippen LogP contribution in [-0.4, -0.2) is 9.13 Å². The van der Waals surface area contributed by atoms with Crippen molar-refractivity contribution in [2.75, 3.05) is 0 Å². The van der Waals surface area contributed by atoms with Gasteiger partial charge in [0.05, 0.1) is 22.1 Å². The summed E-state index contributed by atoms with van der Waals surface area (Å²) in [5, 5.41) is 7.70. The monoisotopic (exact) mass is 650 g/mol. The molecule has 1 aliphatic rings. The Hall–Kier alpha value is -6.38. The van der Waals surface area contributed by atoms with Crippen molar-refractivity contribution in [2.24, 2.45) is 0 Å². The number of rotatable bonds is 3. The number of para-hydroxylation sites is 3. The second-order valence-corrected chi connectivity index (χ2v) is 14.5. The predicted octanol–water partition coefficient (Wildman–Crippen LogP) is 13.0. The summed E-state index contributed by atoms with van der Waals surface area (Å²) >= 11 is 0. The minimum Gasteiger partial charge on any atom is -0.309 e. The van der Waals surface area contributed by atoms with Crippen LogP contribution < -0.4 is 0 Å². The van der Waals surface area contributed by atoms with Crippen LogP contribution in [0.2, 0.25) is 0 Å². The van der Waals surface area contributed by atoms with Crippen molar-refractivity contribution in [1.82, 2.24) is 9.13 Å². The average molecular weight is 651 g/mol. The summed E-state index contributed by atoms with van der Waals surface area (Å²) in [6.07, 6.45) is 0. The van der Waals surface area contributed by atoms with Gasteiger partial charge in [-0.05, 0) is 105 Å². The number of benzene rings is 8. The molecule has 0 unspecified atom stereocenters. The zero-order valence-electron chi connectivity index (χ0n) is 28.6. The summed E-state index contributed by atoms with van der Waals surface area (Å²) in [5.41, 5.74) is 15.1. The van der Waals surface area contributed by atoms with E-state index in [0.717, 1.165) is 0 Å². The van der Waals surface area contributed by atoms with Gasteiger partial charge in [-0.15, -0.1) is 0 Å². The molecule has 0 N–H and O–H groups in total. The van der Waals surface area contributed by atoms with Gasteiger partial charge in [0.1, 0.15) is 0 Å². The fourth-order valence-electron chi connectivity index (χ4n) is 9.21. The lowest BCUT2D eigenvalue weighted by Crippen LogP contribution is -2.16. The van der Waals surface area contributed by atoms with Gasteiger partial charge in [-0.2, -0.15) is 0 Å². The van der Waals surface area contributed by atoms with E-state index < -0.39 is 0 Å². The van der Waals surface area contributed by atoms with Gasteiger partial charge in [0, 0.05) is 38.3 Å². The van der Waals surface area contributed by atoms with Crippen molar-refractivity contribution >= 4 is 54.4 Å². The van der Waals surface area contributed by atoms with Crippen LogP contribution in [-0.2, 0) is 5.41 Å². The van der Waals surface area contributed by atoms with Crippen LogP contribution in [0.5, 0.6) is 0 Å². The highest BCUT2D eigenvalue weighted by Crippen LogP contribution is 2.54. The molecule has 2 aromatic heterocycles. The molecule has 1 aliphatic carbocycles. The van der Waals surface area contributed by atoms with Crippen molar-refractivity contribution in [1.29, 1.82) is 0 Å². The molecule has 240 valence electrons. The summed E-state index contributed by atoms with van der Waals surface area (Å²) in [6, 6.07) is 62.7. The molecule has 0 spiro atoms. The van der Waals surface area contributed by atoms with Crippen LogP contribution in [0.4, 0.5) is 0 Å². The second-order valence-electron chi connectivity index (χ2n) is 14.5. The van der Waals surface area contributed by atoms with Crippen LogP contribution in [0.15, 0.2) is 170 Å². The van der Waals surface area contributed by atoms with E-state index in [1.54, 1.807) is 0 Å². The Labute approximate surface area is 296 Å². The molecular weight excluding hydrogens is 617 g/mol. The molecular formula is C49H34N2. The second kappa shape index (κ2) is 10.3. The largest absolute Gasteiger partial charge is 0.309 e. The topological polar surface area (TPSA) is 9.86 Å². The summed E-state index contributed by atoms with van der Waals surface area (Å²) in [7, 11) is 0. The summed E-state index contributed by atoms with van der Waals surface area (Å²) < 4.78 is 4.92. The third kappa shape index (κ3) is 3.88. The normalized spacial score (nSPS) is 13.5. The first-order valence-corrected chi connectivity index (χ1v) is 17.9. The molecule has 2 heterocycles.